The van der Waals surface area contributed by atoms with Crippen molar-refractivity contribution in [1.82, 2.24) is 4.90 Å². The molecule has 0 unspecified atom stereocenters. The minimum atomic E-state index is -2.04. The van der Waals surface area contributed by atoms with E-state index in [2.05, 4.69) is 68.6 Å². The Morgan fingerprint density at radius 1 is 1.25 bits per heavy atom. The summed E-state index contributed by atoms with van der Waals surface area (Å²) in [6.45, 7) is 12.0. The topological polar surface area (TPSA) is 48.0 Å². The number of methoxy groups -OCH3 is 2. The quantitative estimate of drug-likeness (QED) is 0.222. The number of piperidine rings is 1. The second-order valence-corrected chi connectivity index (χ2v) is 16.2. The van der Waals surface area contributed by atoms with Gasteiger partial charge in [0.05, 0.1) is 17.8 Å². The van der Waals surface area contributed by atoms with Gasteiger partial charge < -0.3 is 18.8 Å². The second-order valence-electron chi connectivity index (χ2n) is 10.4. The molecule has 32 heavy (non-hydrogen) atoms. The van der Waals surface area contributed by atoms with Gasteiger partial charge in [0.2, 0.25) is 0 Å². The van der Waals surface area contributed by atoms with E-state index in [0.717, 1.165) is 47.3 Å². The largest absolute Gasteiger partial charge is 0.540 e. The van der Waals surface area contributed by atoms with Gasteiger partial charge in [-0.1, -0.05) is 38.5 Å². The molecule has 0 radical (unpaired) electrons. The minimum absolute atomic E-state index is 0.0872. The first-order valence-corrected chi connectivity index (χ1v) is 15.6. The van der Waals surface area contributed by atoms with E-state index in [1.807, 2.05) is 11.0 Å². The van der Waals surface area contributed by atoms with Crippen molar-refractivity contribution in [3.63, 3.8) is 0 Å². The number of amides is 1. The zero-order chi connectivity index (χ0) is 23.7. The lowest BCUT2D eigenvalue weighted by Gasteiger charge is -2.44. The molecule has 2 aliphatic rings. The van der Waals surface area contributed by atoms with Crippen LogP contribution in [0.5, 0.6) is 11.5 Å². The number of hydrogen-bond acceptors (Lipinski definition) is 4. The van der Waals surface area contributed by atoms with Crippen molar-refractivity contribution >= 4 is 37.0 Å². The van der Waals surface area contributed by atoms with Gasteiger partial charge >= 0.3 is 6.09 Å². The summed E-state index contributed by atoms with van der Waals surface area (Å²) in [6, 6.07) is 4.25. The van der Waals surface area contributed by atoms with Gasteiger partial charge in [-0.25, -0.2) is 4.79 Å². The van der Waals surface area contributed by atoms with Gasteiger partial charge in [0.25, 0.3) is 8.32 Å². The van der Waals surface area contributed by atoms with Crippen LogP contribution in [0.25, 0.3) is 0 Å². The Kier molecular flexibility index (Phi) is 7.90. The average molecular weight is 572 g/mol. The Balaban J connectivity index is 1.98. The van der Waals surface area contributed by atoms with Crippen molar-refractivity contribution in [3.8, 4) is 11.5 Å². The van der Waals surface area contributed by atoms with Crippen molar-refractivity contribution in [1.29, 1.82) is 0 Å². The first-order valence-electron chi connectivity index (χ1n) is 11.6. The molecule has 1 heterocycles. The molecule has 1 aromatic rings. The summed E-state index contributed by atoms with van der Waals surface area (Å²) in [4.78, 5) is 14.6. The van der Waals surface area contributed by atoms with E-state index >= 15 is 0 Å². The maximum atomic E-state index is 12.6. The van der Waals surface area contributed by atoms with Crippen molar-refractivity contribution < 1.29 is 18.7 Å². The van der Waals surface area contributed by atoms with Crippen LogP contribution in [0.2, 0.25) is 18.1 Å². The molecule has 1 aliphatic heterocycles. The van der Waals surface area contributed by atoms with Gasteiger partial charge in [-0.3, -0.25) is 0 Å². The molecular formula is C25H38INO4Si. The van der Waals surface area contributed by atoms with Crippen LogP contribution >= 0.6 is 22.6 Å². The van der Waals surface area contributed by atoms with E-state index in [0.29, 0.717) is 5.92 Å². The Morgan fingerprint density at radius 3 is 2.59 bits per heavy atom. The van der Waals surface area contributed by atoms with Crippen LogP contribution in [0.1, 0.15) is 52.0 Å². The molecule has 2 atom stereocenters. The van der Waals surface area contributed by atoms with Crippen molar-refractivity contribution in [3.05, 3.63) is 32.9 Å². The predicted octanol–water partition coefficient (Wildman–Crippen LogP) is 6.79. The van der Waals surface area contributed by atoms with Crippen LogP contribution in [0.4, 0.5) is 4.79 Å². The number of hydrogen-bond donors (Lipinski definition) is 0. The number of allylic oxidation sites excluding steroid dienone is 1. The molecule has 1 amide bonds. The highest BCUT2D eigenvalue weighted by Crippen LogP contribution is 2.44. The molecule has 0 bridgehead atoms. The second kappa shape index (κ2) is 9.95. The summed E-state index contributed by atoms with van der Waals surface area (Å²) in [5, 5.41) is 0.0872. The average Bonchev–Trinajstić information content (AvgIpc) is 2.75. The maximum absolute atomic E-state index is 12.6. The SMILES string of the molecule is COC(=O)N1CCC2=CCCC[C@H]2[C@H]1Cc1ccc(OC)c(O[Si](C)(C)C(C)(C)C)c1I. The Morgan fingerprint density at radius 2 is 1.97 bits per heavy atom. The highest BCUT2D eigenvalue weighted by atomic mass is 127. The summed E-state index contributed by atoms with van der Waals surface area (Å²) in [7, 11) is 1.13. The molecule has 3 rings (SSSR count). The monoisotopic (exact) mass is 571 g/mol. The number of halogens is 1. The Bertz CT molecular complexity index is 877. The number of carbonyl (C=O) groups is 1. The van der Waals surface area contributed by atoms with Gasteiger partial charge in [0.15, 0.2) is 11.5 Å². The zero-order valence-electron chi connectivity index (χ0n) is 20.6. The van der Waals surface area contributed by atoms with Crippen molar-refractivity contribution in [2.75, 3.05) is 20.8 Å². The first-order chi connectivity index (χ1) is 15.0. The fourth-order valence-electron chi connectivity index (χ4n) is 4.54. The fraction of sp³-hybridized carbons (Fsp3) is 0.640. The highest BCUT2D eigenvalue weighted by Gasteiger charge is 2.41. The normalized spacial score (nSPS) is 21.5. The third kappa shape index (κ3) is 5.13. The van der Waals surface area contributed by atoms with E-state index in [4.69, 9.17) is 13.9 Å². The summed E-state index contributed by atoms with van der Waals surface area (Å²) >= 11 is 2.40. The van der Waals surface area contributed by atoms with Gasteiger partial charge in [-0.05, 0) is 84.5 Å². The summed E-state index contributed by atoms with van der Waals surface area (Å²) in [6.07, 6.45) is 7.38. The van der Waals surface area contributed by atoms with Crippen LogP contribution in [0.3, 0.4) is 0 Å². The third-order valence-electron chi connectivity index (χ3n) is 7.47. The molecule has 0 saturated carbocycles. The number of carbonyl (C=O) groups excluding carboxylic acids is 1. The van der Waals surface area contributed by atoms with E-state index in [1.165, 1.54) is 24.7 Å². The number of nitrogens with zero attached hydrogens (tertiary/aromatic N) is 1. The molecule has 1 saturated heterocycles. The molecule has 5 nitrogen and oxygen atoms in total. The molecule has 1 aliphatic carbocycles. The van der Waals surface area contributed by atoms with Gasteiger partial charge in [0.1, 0.15) is 0 Å². The van der Waals surface area contributed by atoms with Crippen LogP contribution in [0.15, 0.2) is 23.8 Å². The van der Waals surface area contributed by atoms with Crippen LogP contribution < -0.4 is 9.16 Å². The van der Waals surface area contributed by atoms with Crippen LogP contribution in [-0.4, -0.2) is 46.1 Å². The Hall–Kier alpha value is -1.22. The van der Waals surface area contributed by atoms with E-state index in [-0.39, 0.29) is 17.2 Å². The van der Waals surface area contributed by atoms with Gasteiger partial charge in [-0.2, -0.15) is 0 Å². The lowest BCUT2D eigenvalue weighted by atomic mass is 9.75. The minimum Gasteiger partial charge on any atom is -0.540 e. The molecule has 7 heteroatoms. The fourth-order valence-corrected chi connectivity index (χ4v) is 6.55. The van der Waals surface area contributed by atoms with E-state index < -0.39 is 8.32 Å². The molecule has 1 fully saturated rings. The lowest BCUT2D eigenvalue weighted by Crippen LogP contribution is -2.51. The molecule has 0 spiro atoms. The number of likely N-dealkylation sites (tertiary alicyclic amines) is 1. The van der Waals surface area contributed by atoms with Gasteiger partial charge in [0, 0.05) is 18.5 Å². The third-order valence-corrected chi connectivity index (χ3v) is 13.0. The predicted molar refractivity (Wildman–Crippen MR) is 140 cm³/mol. The van der Waals surface area contributed by atoms with E-state index in [1.54, 1.807) is 7.11 Å². The number of benzene rings is 1. The van der Waals surface area contributed by atoms with Gasteiger partial charge in [-0.15, -0.1) is 0 Å². The smallest absolute Gasteiger partial charge is 0.409 e. The summed E-state index contributed by atoms with van der Waals surface area (Å²) in [5.74, 6) is 2.02. The maximum Gasteiger partial charge on any atom is 0.409 e. The Labute approximate surface area is 208 Å². The summed E-state index contributed by atoms with van der Waals surface area (Å²) < 4.78 is 18.7. The number of fused-ring (bicyclic) bond motifs is 1. The molecule has 0 aromatic heterocycles. The summed E-state index contributed by atoms with van der Waals surface area (Å²) in [5.41, 5.74) is 2.72. The van der Waals surface area contributed by atoms with Crippen LogP contribution in [-0.2, 0) is 11.2 Å². The van der Waals surface area contributed by atoms with Crippen molar-refractivity contribution in [2.24, 2.45) is 5.92 Å². The first kappa shape index (κ1) is 25.4. The van der Waals surface area contributed by atoms with Crippen LogP contribution in [0, 0.1) is 9.49 Å². The highest BCUT2D eigenvalue weighted by molar-refractivity contribution is 14.1. The molecule has 1 aromatic carbocycles. The van der Waals surface area contributed by atoms with E-state index in [9.17, 15) is 4.79 Å². The standard InChI is InChI=1S/C25H38INO4Si/c1-25(2,3)32(6,7)31-23-21(29-4)13-12-18(22(23)26)16-20-19-11-9-8-10-17(19)14-15-27(20)24(28)30-5/h10,12-13,19-20H,8-9,11,14-16H2,1-7H3/t19-,20-/m1/s1. The van der Waals surface area contributed by atoms with Crippen molar-refractivity contribution in [2.45, 2.75) is 77.0 Å². The molecular weight excluding hydrogens is 533 g/mol. The number of rotatable bonds is 5. The molecule has 0 N–H and O–H groups in total. The lowest BCUT2D eigenvalue weighted by molar-refractivity contribution is 0.0777. The molecule has 178 valence electrons. The number of ether oxygens (including phenoxy) is 2. The zero-order valence-corrected chi connectivity index (χ0v) is 23.7.